The van der Waals surface area contributed by atoms with Crippen molar-refractivity contribution >= 4 is 28.1 Å². The lowest BCUT2D eigenvalue weighted by atomic mass is 10.1. The molecule has 2 N–H and O–H groups in total. The van der Waals surface area contributed by atoms with Crippen molar-refractivity contribution in [3.63, 3.8) is 0 Å². The maximum absolute atomic E-state index is 4.88. The van der Waals surface area contributed by atoms with E-state index in [-0.39, 0.29) is 0 Å². The third kappa shape index (κ3) is 1.78. The number of nitrogens with zero attached hydrogens (tertiary/aromatic N) is 1. The highest BCUT2D eigenvalue weighted by Gasteiger charge is 2.02. The molecule has 14 heavy (non-hydrogen) atoms. The molecular weight excluding hydrogens is 262 g/mol. The Bertz CT molecular complexity index is 515. The van der Waals surface area contributed by atoms with Crippen molar-refractivity contribution in [3.05, 3.63) is 33.0 Å². The van der Waals surface area contributed by atoms with Gasteiger partial charge in [0.25, 0.3) is 0 Å². The van der Waals surface area contributed by atoms with Crippen LogP contribution in [0.15, 0.2) is 22.7 Å². The lowest BCUT2D eigenvalue weighted by Gasteiger charge is -2.00. The Kier molecular flexibility index (Phi) is 2.52. The molecule has 0 atom stereocenters. The van der Waals surface area contributed by atoms with Crippen LogP contribution in [-0.4, -0.2) is 15.2 Å². The van der Waals surface area contributed by atoms with Crippen LogP contribution < -0.4 is 0 Å². The number of benzene rings is 1. The van der Waals surface area contributed by atoms with Gasteiger partial charge in [0, 0.05) is 10.0 Å². The smallest absolute Gasteiger partial charge is 0.213 e. The average Bonchev–Trinajstić information content (AvgIpc) is 2.57. The third-order valence-corrected chi connectivity index (χ3v) is 3.02. The normalized spacial score (nSPS) is 10.4. The Hall–Kier alpha value is -0.940. The first-order chi connectivity index (χ1) is 6.66. The van der Waals surface area contributed by atoms with E-state index in [9.17, 15) is 0 Å². The van der Waals surface area contributed by atoms with E-state index in [1.54, 1.807) is 0 Å². The van der Waals surface area contributed by atoms with Crippen LogP contribution in [-0.2, 0) is 0 Å². The minimum atomic E-state index is 0.473. The monoisotopic (exact) mass is 269 g/mol. The summed E-state index contributed by atoms with van der Waals surface area (Å²) < 4.78 is 1.57. The van der Waals surface area contributed by atoms with E-state index in [0.717, 1.165) is 15.9 Å². The van der Waals surface area contributed by atoms with Crippen molar-refractivity contribution in [2.45, 2.75) is 6.92 Å². The molecule has 1 aromatic carbocycles. The molecule has 0 saturated carbocycles. The Morgan fingerprint density at radius 3 is 2.71 bits per heavy atom. The molecule has 0 bridgehead atoms. The Labute approximate surface area is 94.7 Å². The molecule has 5 heteroatoms. The van der Waals surface area contributed by atoms with Gasteiger partial charge in [-0.05, 0) is 36.8 Å². The molecular formula is C9H8BrN3S. The van der Waals surface area contributed by atoms with Gasteiger partial charge in [0.2, 0.25) is 4.77 Å². The Morgan fingerprint density at radius 2 is 2.14 bits per heavy atom. The predicted octanol–water partition coefficient (Wildman–Crippen LogP) is 3.21. The number of rotatable bonds is 1. The maximum atomic E-state index is 4.88. The summed E-state index contributed by atoms with van der Waals surface area (Å²) in [5.41, 5.74) is 2.20. The van der Waals surface area contributed by atoms with E-state index >= 15 is 0 Å². The van der Waals surface area contributed by atoms with E-state index in [1.807, 2.05) is 25.1 Å². The summed E-state index contributed by atoms with van der Waals surface area (Å²) in [5.74, 6) is 0.769. The van der Waals surface area contributed by atoms with Gasteiger partial charge in [0.15, 0.2) is 5.82 Å². The quantitative estimate of drug-likeness (QED) is 0.781. The standard InChI is InChI=1S/C9H8BrN3S/c1-5-4-6(2-3-7(5)10)8-11-9(14)13-12-8/h2-4H,1H3,(H2,11,12,13,14). The lowest BCUT2D eigenvalue weighted by molar-refractivity contribution is 1.08. The van der Waals surface area contributed by atoms with Crippen LogP contribution in [0, 0.1) is 11.7 Å². The zero-order valence-corrected chi connectivity index (χ0v) is 9.87. The second kappa shape index (κ2) is 3.67. The number of hydrogen-bond donors (Lipinski definition) is 2. The van der Waals surface area contributed by atoms with E-state index in [4.69, 9.17) is 12.2 Å². The van der Waals surface area contributed by atoms with Crippen LogP contribution in [0.5, 0.6) is 0 Å². The Morgan fingerprint density at radius 1 is 1.36 bits per heavy atom. The fraction of sp³-hybridized carbons (Fsp3) is 0.111. The van der Waals surface area contributed by atoms with E-state index in [2.05, 4.69) is 31.1 Å². The second-order valence-electron chi connectivity index (χ2n) is 2.98. The summed E-state index contributed by atoms with van der Waals surface area (Å²) in [6.45, 7) is 2.04. The first-order valence-electron chi connectivity index (χ1n) is 4.08. The van der Waals surface area contributed by atoms with Crippen molar-refractivity contribution in [3.8, 4) is 11.4 Å². The molecule has 0 aliphatic rings. The van der Waals surface area contributed by atoms with E-state index in [1.165, 1.54) is 5.56 Å². The zero-order valence-electron chi connectivity index (χ0n) is 7.47. The molecule has 0 unspecified atom stereocenters. The van der Waals surface area contributed by atoms with Crippen LogP contribution in [0.1, 0.15) is 5.56 Å². The molecule has 2 rings (SSSR count). The molecule has 0 aliphatic heterocycles. The second-order valence-corrected chi connectivity index (χ2v) is 4.22. The topological polar surface area (TPSA) is 44.5 Å². The minimum absolute atomic E-state index is 0.473. The maximum Gasteiger partial charge on any atom is 0.213 e. The van der Waals surface area contributed by atoms with Crippen LogP contribution in [0.3, 0.4) is 0 Å². The average molecular weight is 270 g/mol. The number of aromatic amines is 2. The number of aromatic nitrogens is 3. The van der Waals surface area contributed by atoms with Gasteiger partial charge in [-0.15, -0.1) is 0 Å². The molecule has 0 fully saturated rings. The lowest BCUT2D eigenvalue weighted by Crippen LogP contribution is -1.83. The number of hydrogen-bond acceptors (Lipinski definition) is 2. The summed E-state index contributed by atoms with van der Waals surface area (Å²) >= 11 is 8.33. The van der Waals surface area contributed by atoms with Gasteiger partial charge < -0.3 is 0 Å². The summed E-state index contributed by atoms with van der Waals surface area (Å²) in [7, 11) is 0. The van der Waals surface area contributed by atoms with Crippen molar-refractivity contribution in [2.24, 2.45) is 0 Å². The first-order valence-corrected chi connectivity index (χ1v) is 5.28. The van der Waals surface area contributed by atoms with E-state index in [0.29, 0.717) is 4.77 Å². The summed E-state index contributed by atoms with van der Waals surface area (Å²) in [6.07, 6.45) is 0. The van der Waals surface area contributed by atoms with Gasteiger partial charge in [-0.1, -0.05) is 22.0 Å². The fourth-order valence-electron chi connectivity index (χ4n) is 1.20. The summed E-state index contributed by atoms with van der Waals surface area (Å²) in [6, 6.07) is 6.03. The molecule has 0 amide bonds. The van der Waals surface area contributed by atoms with Gasteiger partial charge in [0.05, 0.1) is 0 Å². The fourth-order valence-corrected chi connectivity index (χ4v) is 1.59. The number of halogens is 1. The van der Waals surface area contributed by atoms with Crippen LogP contribution in [0.25, 0.3) is 11.4 Å². The highest BCUT2D eigenvalue weighted by Crippen LogP contribution is 2.22. The minimum Gasteiger partial charge on any atom is -0.282 e. The van der Waals surface area contributed by atoms with Crippen LogP contribution in [0.4, 0.5) is 0 Å². The number of aryl methyl sites for hydroxylation is 1. The molecule has 1 heterocycles. The number of nitrogens with one attached hydrogen (secondary N) is 2. The van der Waals surface area contributed by atoms with Gasteiger partial charge in [-0.25, -0.2) is 0 Å². The molecule has 1 aromatic heterocycles. The SMILES string of the molecule is Cc1cc(-c2nc(=S)[nH][nH]2)ccc1Br. The van der Waals surface area contributed by atoms with Crippen molar-refractivity contribution in [2.75, 3.05) is 0 Å². The van der Waals surface area contributed by atoms with Crippen LogP contribution in [0.2, 0.25) is 0 Å². The van der Waals surface area contributed by atoms with Gasteiger partial charge in [-0.2, -0.15) is 4.98 Å². The predicted molar refractivity (Wildman–Crippen MR) is 61.6 cm³/mol. The highest BCUT2D eigenvalue weighted by atomic mass is 79.9. The molecule has 0 spiro atoms. The number of H-pyrrole nitrogens is 2. The van der Waals surface area contributed by atoms with Crippen molar-refractivity contribution in [1.29, 1.82) is 0 Å². The third-order valence-electron chi connectivity index (χ3n) is 1.93. The Balaban J connectivity index is 2.52. The molecule has 0 radical (unpaired) electrons. The van der Waals surface area contributed by atoms with Crippen molar-refractivity contribution in [1.82, 2.24) is 15.2 Å². The van der Waals surface area contributed by atoms with Gasteiger partial charge >= 0.3 is 0 Å². The summed E-state index contributed by atoms with van der Waals surface area (Å²) in [5, 5.41) is 5.68. The molecule has 2 aromatic rings. The van der Waals surface area contributed by atoms with E-state index < -0.39 is 0 Å². The first kappa shape index (κ1) is 9.61. The molecule has 0 aliphatic carbocycles. The molecule has 72 valence electrons. The molecule has 3 nitrogen and oxygen atoms in total. The van der Waals surface area contributed by atoms with Crippen molar-refractivity contribution < 1.29 is 0 Å². The van der Waals surface area contributed by atoms with Gasteiger partial charge in [0.1, 0.15) is 0 Å². The zero-order chi connectivity index (χ0) is 10.1. The van der Waals surface area contributed by atoms with Gasteiger partial charge in [-0.3, -0.25) is 10.2 Å². The highest BCUT2D eigenvalue weighted by molar-refractivity contribution is 9.10. The summed E-state index contributed by atoms with van der Waals surface area (Å²) in [4.78, 5) is 4.14. The molecule has 0 saturated heterocycles. The largest absolute Gasteiger partial charge is 0.282 e. The van der Waals surface area contributed by atoms with Crippen LogP contribution >= 0.6 is 28.1 Å².